The maximum Gasteiger partial charge on any atom is 0.325 e. The van der Waals surface area contributed by atoms with E-state index in [1.165, 1.54) is 55.5 Å². The molecule has 0 bridgehead atoms. The second-order valence-corrected chi connectivity index (χ2v) is 6.78. The first kappa shape index (κ1) is 20.8. The fourth-order valence-electron chi connectivity index (χ4n) is 2.95. The van der Waals surface area contributed by atoms with E-state index >= 15 is 0 Å². The standard InChI is InChI=1S/C20H19FN4O5/c1-20(12-2-4-13(21)5-3-12)18(28)25(19(29)24-20)10-17(27)23-14-6-8-15(9-7-14)30-11-16(22)26/h2-9H,10-11H2,1H3,(H2,22,26)(H,23,27)(H,24,29). The van der Waals surface area contributed by atoms with Gasteiger partial charge in [-0.15, -0.1) is 0 Å². The number of carbonyl (C=O) groups is 4. The molecule has 0 aromatic heterocycles. The van der Waals surface area contributed by atoms with Crippen LogP contribution in [0.2, 0.25) is 0 Å². The number of hydrogen-bond acceptors (Lipinski definition) is 5. The lowest BCUT2D eigenvalue weighted by Gasteiger charge is -2.22. The summed E-state index contributed by atoms with van der Waals surface area (Å²) in [4.78, 5) is 48.9. The molecule has 1 aliphatic rings. The van der Waals surface area contributed by atoms with Crippen molar-refractivity contribution in [3.8, 4) is 5.75 Å². The highest BCUT2D eigenvalue weighted by Gasteiger charge is 2.49. The molecule has 1 saturated heterocycles. The minimum Gasteiger partial charge on any atom is -0.484 e. The molecular formula is C20H19FN4O5. The molecule has 1 aliphatic heterocycles. The van der Waals surface area contributed by atoms with Crippen LogP contribution in [0.25, 0.3) is 0 Å². The Hall–Kier alpha value is -3.95. The van der Waals surface area contributed by atoms with Gasteiger partial charge in [0.05, 0.1) is 0 Å². The van der Waals surface area contributed by atoms with Gasteiger partial charge in [-0.2, -0.15) is 0 Å². The zero-order chi connectivity index (χ0) is 21.9. The Bertz CT molecular complexity index is 993. The molecule has 156 valence electrons. The zero-order valence-corrected chi connectivity index (χ0v) is 16.0. The Morgan fingerprint density at radius 1 is 1.13 bits per heavy atom. The molecule has 30 heavy (non-hydrogen) atoms. The SMILES string of the molecule is CC1(c2ccc(F)cc2)NC(=O)N(CC(=O)Nc2ccc(OCC(N)=O)cc2)C1=O. The van der Waals surface area contributed by atoms with Crippen molar-refractivity contribution in [3.05, 3.63) is 59.9 Å². The number of nitrogens with one attached hydrogen (secondary N) is 2. The van der Waals surface area contributed by atoms with Gasteiger partial charge in [0.1, 0.15) is 23.7 Å². The van der Waals surface area contributed by atoms with Crippen LogP contribution in [-0.2, 0) is 19.9 Å². The van der Waals surface area contributed by atoms with Crippen molar-refractivity contribution in [2.75, 3.05) is 18.5 Å². The highest BCUT2D eigenvalue weighted by Crippen LogP contribution is 2.29. The molecule has 2 aromatic rings. The van der Waals surface area contributed by atoms with Gasteiger partial charge in [-0.3, -0.25) is 19.3 Å². The fraction of sp³-hybridized carbons (Fsp3) is 0.200. The van der Waals surface area contributed by atoms with E-state index in [1.807, 2.05) is 0 Å². The lowest BCUT2D eigenvalue weighted by molar-refractivity contribution is -0.133. The van der Waals surface area contributed by atoms with Gasteiger partial charge < -0.3 is 21.1 Å². The molecular weight excluding hydrogens is 395 g/mol. The number of ether oxygens (including phenoxy) is 1. The van der Waals surface area contributed by atoms with Crippen molar-refractivity contribution < 1.29 is 28.3 Å². The third-order valence-electron chi connectivity index (χ3n) is 4.52. The molecule has 0 saturated carbocycles. The summed E-state index contributed by atoms with van der Waals surface area (Å²) < 4.78 is 18.3. The molecule has 3 rings (SSSR count). The van der Waals surface area contributed by atoms with Crippen molar-refractivity contribution >= 4 is 29.4 Å². The van der Waals surface area contributed by atoms with Gasteiger partial charge in [0.15, 0.2) is 6.61 Å². The Morgan fingerprint density at radius 3 is 2.37 bits per heavy atom. The number of anilines is 1. The predicted octanol–water partition coefficient (Wildman–Crippen LogP) is 1.10. The second kappa shape index (κ2) is 8.19. The van der Waals surface area contributed by atoms with Gasteiger partial charge in [-0.25, -0.2) is 9.18 Å². The molecule has 9 nitrogen and oxygen atoms in total. The van der Waals surface area contributed by atoms with E-state index in [4.69, 9.17) is 10.5 Å². The lowest BCUT2D eigenvalue weighted by atomic mass is 9.92. The smallest absolute Gasteiger partial charge is 0.325 e. The summed E-state index contributed by atoms with van der Waals surface area (Å²) in [7, 11) is 0. The highest BCUT2D eigenvalue weighted by atomic mass is 19.1. The van der Waals surface area contributed by atoms with E-state index in [-0.39, 0.29) is 6.61 Å². The van der Waals surface area contributed by atoms with Crippen LogP contribution in [0.1, 0.15) is 12.5 Å². The molecule has 0 aliphatic carbocycles. The number of halogens is 1. The summed E-state index contributed by atoms with van der Waals surface area (Å²) in [6, 6.07) is 10.6. The van der Waals surface area contributed by atoms with E-state index in [2.05, 4.69) is 10.6 Å². The van der Waals surface area contributed by atoms with Gasteiger partial charge in [-0.05, 0) is 48.9 Å². The number of nitrogens with two attached hydrogens (primary N) is 1. The van der Waals surface area contributed by atoms with Crippen molar-refractivity contribution in [1.29, 1.82) is 0 Å². The van der Waals surface area contributed by atoms with Crippen LogP contribution in [0.15, 0.2) is 48.5 Å². The molecule has 1 heterocycles. The monoisotopic (exact) mass is 414 g/mol. The zero-order valence-electron chi connectivity index (χ0n) is 16.0. The van der Waals surface area contributed by atoms with E-state index in [1.54, 1.807) is 0 Å². The topological polar surface area (TPSA) is 131 Å². The summed E-state index contributed by atoms with van der Waals surface area (Å²) in [6.45, 7) is 0.718. The van der Waals surface area contributed by atoms with Crippen molar-refractivity contribution in [1.82, 2.24) is 10.2 Å². The number of carbonyl (C=O) groups excluding carboxylic acids is 4. The van der Waals surface area contributed by atoms with Crippen LogP contribution in [0.3, 0.4) is 0 Å². The van der Waals surface area contributed by atoms with Crippen LogP contribution in [0.5, 0.6) is 5.75 Å². The first-order chi connectivity index (χ1) is 14.2. The molecule has 4 N–H and O–H groups in total. The summed E-state index contributed by atoms with van der Waals surface area (Å²) in [5, 5.41) is 5.11. The normalized spacial score (nSPS) is 18.1. The molecule has 1 atom stereocenters. The minimum atomic E-state index is -1.40. The number of rotatable bonds is 7. The Morgan fingerprint density at radius 2 is 1.77 bits per heavy atom. The first-order valence-electron chi connectivity index (χ1n) is 8.90. The summed E-state index contributed by atoms with van der Waals surface area (Å²) in [5.41, 5.74) is 4.40. The van der Waals surface area contributed by atoms with Gasteiger partial charge >= 0.3 is 6.03 Å². The van der Waals surface area contributed by atoms with Gasteiger partial charge in [-0.1, -0.05) is 12.1 Å². The van der Waals surface area contributed by atoms with Gasteiger partial charge in [0.25, 0.3) is 11.8 Å². The number of nitrogens with zero attached hydrogens (tertiary/aromatic N) is 1. The average molecular weight is 414 g/mol. The molecule has 10 heteroatoms. The quantitative estimate of drug-likeness (QED) is 0.584. The fourth-order valence-corrected chi connectivity index (χ4v) is 2.95. The molecule has 0 spiro atoms. The Balaban J connectivity index is 1.63. The molecule has 1 unspecified atom stereocenters. The van der Waals surface area contributed by atoms with E-state index in [0.29, 0.717) is 17.0 Å². The van der Waals surface area contributed by atoms with Crippen molar-refractivity contribution in [3.63, 3.8) is 0 Å². The lowest BCUT2D eigenvalue weighted by Crippen LogP contribution is -2.42. The van der Waals surface area contributed by atoms with Crippen LogP contribution in [-0.4, -0.2) is 41.8 Å². The van der Waals surface area contributed by atoms with Crippen molar-refractivity contribution in [2.45, 2.75) is 12.5 Å². The first-order valence-corrected chi connectivity index (χ1v) is 8.90. The van der Waals surface area contributed by atoms with Crippen LogP contribution in [0.4, 0.5) is 14.9 Å². The number of amides is 5. The maximum absolute atomic E-state index is 13.2. The largest absolute Gasteiger partial charge is 0.484 e. The molecule has 5 amide bonds. The maximum atomic E-state index is 13.2. The molecule has 0 radical (unpaired) electrons. The minimum absolute atomic E-state index is 0.273. The van der Waals surface area contributed by atoms with Crippen molar-refractivity contribution in [2.24, 2.45) is 5.73 Å². The predicted molar refractivity (Wildman–Crippen MR) is 104 cm³/mol. The van der Waals surface area contributed by atoms with Crippen LogP contribution in [0, 0.1) is 5.82 Å². The summed E-state index contributed by atoms with van der Waals surface area (Å²) >= 11 is 0. The number of benzene rings is 2. The molecule has 1 fully saturated rings. The Labute approximate surface area is 171 Å². The van der Waals surface area contributed by atoms with Gasteiger partial charge in [0.2, 0.25) is 5.91 Å². The van der Waals surface area contributed by atoms with E-state index in [0.717, 1.165) is 4.90 Å². The summed E-state index contributed by atoms with van der Waals surface area (Å²) in [5.74, 6) is -1.91. The van der Waals surface area contributed by atoms with Crippen LogP contribution < -0.4 is 21.1 Å². The average Bonchev–Trinajstić information content (AvgIpc) is 2.92. The second-order valence-electron chi connectivity index (χ2n) is 6.78. The van der Waals surface area contributed by atoms with E-state index < -0.39 is 41.7 Å². The number of urea groups is 1. The number of hydrogen-bond donors (Lipinski definition) is 3. The highest BCUT2D eigenvalue weighted by molar-refractivity contribution is 6.10. The summed E-state index contributed by atoms with van der Waals surface area (Å²) in [6.07, 6.45) is 0. The van der Waals surface area contributed by atoms with E-state index in [9.17, 15) is 23.6 Å². The number of primary amides is 1. The Kier molecular flexibility index (Phi) is 5.67. The third kappa shape index (κ3) is 4.37. The molecule has 2 aromatic carbocycles. The van der Waals surface area contributed by atoms with Crippen LogP contribution >= 0.6 is 0 Å². The van der Waals surface area contributed by atoms with Gasteiger partial charge in [0, 0.05) is 5.69 Å². The third-order valence-corrected chi connectivity index (χ3v) is 4.52. The number of imide groups is 1.